The van der Waals surface area contributed by atoms with Crippen molar-refractivity contribution < 1.29 is 0 Å². The number of allylic oxidation sites excluding steroid dienone is 2. The van der Waals surface area contributed by atoms with Crippen LogP contribution >= 0.6 is 0 Å². The van der Waals surface area contributed by atoms with Crippen LogP contribution in [0.4, 0.5) is 0 Å². The van der Waals surface area contributed by atoms with E-state index in [4.69, 9.17) is 0 Å². The Bertz CT molecular complexity index is 157. The normalized spacial score (nSPS) is 23.6. The number of hydrogen-bond acceptors (Lipinski definition) is 1. The second-order valence-electron chi connectivity index (χ2n) is 2.78. The fraction of sp³-hybridized carbons (Fsp3) is 0.625. The summed E-state index contributed by atoms with van der Waals surface area (Å²) in [5.41, 5.74) is 3.05. The Hall–Kier alpha value is -0.590. The topological polar surface area (TPSA) is 12.4 Å². The number of hydrogen-bond donors (Lipinski definition) is 0. The summed E-state index contributed by atoms with van der Waals surface area (Å²) < 4.78 is 0. The molecule has 0 saturated heterocycles. The minimum absolute atomic E-state index is 1.09. The molecule has 0 fully saturated rings. The highest BCUT2D eigenvalue weighted by molar-refractivity contribution is 5.90. The Morgan fingerprint density at radius 2 is 2.22 bits per heavy atom. The van der Waals surface area contributed by atoms with Gasteiger partial charge in [0.1, 0.15) is 0 Å². The van der Waals surface area contributed by atoms with Gasteiger partial charge in [-0.3, -0.25) is 4.99 Å². The van der Waals surface area contributed by atoms with Crippen molar-refractivity contribution >= 4 is 5.71 Å². The highest BCUT2D eigenvalue weighted by Gasteiger charge is 2.12. The van der Waals surface area contributed by atoms with E-state index in [1.54, 1.807) is 5.57 Å². The molecule has 48 valence electrons. The second-order valence-corrected chi connectivity index (χ2v) is 2.78. The highest BCUT2D eigenvalue weighted by Crippen LogP contribution is 2.23. The van der Waals surface area contributed by atoms with E-state index in [0.29, 0.717) is 0 Å². The van der Waals surface area contributed by atoms with Gasteiger partial charge in [-0.1, -0.05) is 11.6 Å². The SMILES string of the molecule is C1=C(CC2=NCC2)CC1. The van der Waals surface area contributed by atoms with Gasteiger partial charge in [0.05, 0.1) is 0 Å². The minimum atomic E-state index is 1.09. The highest BCUT2D eigenvalue weighted by atomic mass is 14.8. The van der Waals surface area contributed by atoms with E-state index < -0.39 is 0 Å². The molecule has 0 radical (unpaired) electrons. The van der Waals surface area contributed by atoms with Crippen molar-refractivity contribution in [1.82, 2.24) is 0 Å². The summed E-state index contributed by atoms with van der Waals surface area (Å²) in [5, 5.41) is 0. The van der Waals surface area contributed by atoms with Gasteiger partial charge in [0.2, 0.25) is 0 Å². The van der Waals surface area contributed by atoms with Gasteiger partial charge >= 0.3 is 0 Å². The molecule has 0 aromatic carbocycles. The third-order valence-electron chi connectivity index (χ3n) is 2.07. The maximum absolute atomic E-state index is 4.27. The first-order chi connectivity index (χ1) is 4.45. The Morgan fingerprint density at radius 3 is 2.56 bits per heavy atom. The molecule has 1 aliphatic heterocycles. The summed E-state index contributed by atoms with van der Waals surface area (Å²) in [7, 11) is 0. The van der Waals surface area contributed by atoms with Crippen molar-refractivity contribution in [3.8, 4) is 0 Å². The van der Waals surface area contributed by atoms with Crippen LogP contribution in [0.2, 0.25) is 0 Å². The lowest BCUT2D eigenvalue weighted by Gasteiger charge is -2.19. The quantitative estimate of drug-likeness (QED) is 0.495. The van der Waals surface area contributed by atoms with E-state index >= 15 is 0 Å². The van der Waals surface area contributed by atoms with Crippen LogP contribution in [0.25, 0.3) is 0 Å². The molecule has 0 bridgehead atoms. The average Bonchev–Trinajstić information content (AvgIpc) is 1.57. The van der Waals surface area contributed by atoms with Crippen LogP contribution in [-0.2, 0) is 0 Å². The zero-order chi connectivity index (χ0) is 6.10. The molecule has 0 unspecified atom stereocenters. The average molecular weight is 121 g/mol. The fourth-order valence-electron chi connectivity index (χ4n) is 1.19. The molecule has 0 saturated carbocycles. The maximum atomic E-state index is 4.27. The van der Waals surface area contributed by atoms with Crippen molar-refractivity contribution in [2.45, 2.75) is 25.7 Å². The van der Waals surface area contributed by atoms with Gasteiger partial charge in [0.15, 0.2) is 0 Å². The first-order valence-corrected chi connectivity index (χ1v) is 3.65. The second kappa shape index (κ2) is 1.98. The van der Waals surface area contributed by atoms with Gasteiger partial charge in [-0.15, -0.1) is 0 Å². The van der Waals surface area contributed by atoms with Crippen LogP contribution < -0.4 is 0 Å². The molecule has 2 rings (SSSR count). The predicted molar refractivity (Wildman–Crippen MR) is 38.9 cm³/mol. The molecule has 2 aliphatic rings. The molecule has 0 N–H and O–H groups in total. The lowest BCUT2D eigenvalue weighted by atomic mass is 9.92. The van der Waals surface area contributed by atoms with Crippen LogP contribution in [0.1, 0.15) is 25.7 Å². The Morgan fingerprint density at radius 1 is 1.44 bits per heavy atom. The van der Waals surface area contributed by atoms with Crippen LogP contribution in [0.15, 0.2) is 16.6 Å². The molecule has 0 spiro atoms. The first kappa shape index (κ1) is 5.21. The fourth-order valence-corrected chi connectivity index (χ4v) is 1.19. The Labute approximate surface area is 55.5 Å². The van der Waals surface area contributed by atoms with Gasteiger partial charge in [0.25, 0.3) is 0 Å². The van der Waals surface area contributed by atoms with Gasteiger partial charge in [-0.25, -0.2) is 0 Å². The van der Waals surface area contributed by atoms with E-state index in [-0.39, 0.29) is 0 Å². The van der Waals surface area contributed by atoms with Crippen molar-refractivity contribution in [2.75, 3.05) is 6.54 Å². The van der Waals surface area contributed by atoms with Gasteiger partial charge in [-0.05, 0) is 12.8 Å². The van der Waals surface area contributed by atoms with Crippen LogP contribution in [-0.4, -0.2) is 12.3 Å². The molecule has 0 aromatic heterocycles. The predicted octanol–water partition coefficient (Wildman–Crippen LogP) is 1.94. The smallest absolute Gasteiger partial charge is 0.0441 e. The van der Waals surface area contributed by atoms with Crippen LogP contribution in [0.5, 0.6) is 0 Å². The van der Waals surface area contributed by atoms with Gasteiger partial charge in [-0.2, -0.15) is 0 Å². The third kappa shape index (κ3) is 0.913. The maximum Gasteiger partial charge on any atom is 0.0441 e. The van der Waals surface area contributed by atoms with E-state index in [1.807, 2.05) is 0 Å². The third-order valence-corrected chi connectivity index (χ3v) is 2.07. The molecular weight excluding hydrogens is 110 g/mol. The van der Waals surface area contributed by atoms with E-state index in [9.17, 15) is 0 Å². The standard InChI is InChI=1S/C8H11N/c1-2-7(3-1)6-8-4-5-9-8/h2H,1,3-6H2. The number of aliphatic imine (C=N–C) groups is 1. The van der Waals surface area contributed by atoms with E-state index in [0.717, 1.165) is 6.54 Å². The summed E-state index contributed by atoms with van der Waals surface area (Å²) in [6.45, 7) is 1.09. The molecule has 0 aromatic rings. The first-order valence-electron chi connectivity index (χ1n) is 3.65. The number of nitrogens with zero attached hydrogens (tertiary/aromatic N) is 1. The molecule has 1 heterocycles. The summed E-state index contributed by atoms with van der Waals surface area (Å²) in [4.78, 5) is 4.27. The zero-order valence-corrected chi connectivity index (χ0v) is 5.56. The van der Waals surface area contributed by atoms with Crippen molar-refractivity contribution in [3.05, 3.63) is 11.6 Å². The van der Waals surface area contributed by atoms with Gasteiger partial charge < -0.3 is 0 Å². The number of rotatable bonds is 2. The monoisotopic (exact) mass is 121 g/mol. The molecular formula is C8H11N. The Balaban J connectivity index is 1.89. The van der Waals surface area contributed by atoms with Crippen molar-refractivity contribution in [3.63, 3.8) is 0 Å². The lowest BCUT2D eigenvalue weighted by molar-refractivity contribution is 0.821. The molecule has 1 heteroatoms. The molecule has 0 amide bonds. The van der Waals surface area contributed by atoms with Crippen LogP contribution in [0.3, 0.4) is 0 Å². The van der Waals surface area contributed by atoms with Crippen molar-refractivity contribution in [1.29, 1.82) is 0 Å². The summed E-state index contributed by atoms with van der Waals surface area (Å²) >= 11 is 0. The summed E-state index contributed by atoms with van der Waals surface area (Å²) in [5.74, 6) is 0. The zero-order valence-electron chi connectivity index (χ0n) is 5.56. The van der Waals surface area contributed by atoms with Gasteiger partial charge in [0, 0.05) is 25.1 Å². The lowest BCUT2D eigenvalue weighted by Crippen LogP contribution is -2.13. The Kier molecular flexibility index (Phi) is 1.15. The van der Waals surface area contributed by atoms with Crippen molar-refractivity contribution in [2.24, 2.45) is 4.99 Å². The molecule has 1 nitrogen and oxygen atoms in total. The van der Waals surface area contributed by atoms with E-state index in [2.05, 4.69) is 11.1 Å². The molecule has 1 aliphatic carbocycles. The van der Waals surface area contributed by atoms with E-state index in [1.165, 1.54) is 31.4 Å². The molecule has 0 atom stereocenters. The summed E-state index contributed by atoms with van der Waals surface area (Å²) in [6, 6.07) is 0. The molecule has 9 heavy (non-hydrogen) atoms. The largest absolute Gasteiger partial charge is 0.293 e. The van der Waals surface area contributed by atoms with Crippen LogP contribution in [0, 0.1) is 0 Å². The summed E-state index contributed by atoms with van der Waals surface area (Å²) in [6.07, 6.45) is 7.43. The minimum Gasteiger partial charge on any atom is -0.293 e.